The molecule has 0 aromatic heterocycles. The zero-order chi connectivity index (χ0) is 11.5. The van der Waals surface area contributed by atoms with E-state index in [0.717, 1.165) is 5.69 Å². The molecule has 0 amide bonds. The number of nitrogens with zero attached hydrogens (tertiary/aromatic N) is 2. The summed E-state index contributed by atoms with van der Waals surface area (Å²) in [5.74, 6) is 0. The second-order valence-corrected chi connectivity index (χ2v) is 4.10. The molecule has 1 N–H and O–H groups in total. The molecule has 1 aromatic carbocycles. The highest BCUT2D eigenvalue weighted by molar-refractivity contribution is 5.90. The van der Waals surface area contributed by atoms with Crippen LogP contribution in [0.5, 0.6) is 0 Å². The van der Waals surface area contributed by atoms with Crippen LogP contribution in [0.4, 0.5) is 5.69 Å². The van der Waals surface area contributed by atoms with E-state index < -0.39 is 5.60 Å². The maximum absolute atomic E-state index is 9.72. The van der Waals surface area contributed by atoms with E-state index in [0.29, 0.717) is 5.71 Å². The van der Waals surface area contributed by atoms with Crippen molar-refractivity contribution in [2.75, 3.05) is 12.1 Å². The predicted octanol–water partition coefficient (Wildman–Crippen LogP) is 2.27. The van der Waals surface area contributed by atoms with Crippen LogP contribution in [0.1, 0.15) is 20.8 Å². The van der Waals surface area contributed by atoms with Gasteiger partial charge in [-0.3, -0.25) is 5.01 Å². The Labute approximate surface area is 91.0 Å². The summed E-state index contributed by atoms with van der Waals surface area (Å²) in [7, 11) is 1.87. The number of hydrogen-bond acceptors (Lipinski definition) is 3. The van der Waals surface area contributed by atoms with Gasteiger partial charge in [0.25, 0.3) is 0 Å². The molecule has 82 valence electrons. The van der Waals surface area contributed by atoms with Gasteiger partial charge in [-0.1, -0.05) is 18.2 Å². The van der Waals surface area contributed by atoms with Gasteiger partial charge in [-0.05, 0) is 32.9 Å². The highest BCUT2D eigenvalue weighted by Gasteiger charge is 2.17. The monoisotopic (exact) mass is 206 g/mol. The van der Waals surface area contributed by atoms with E-state index in [1.807, 2.05) is 44.3 Å². The fourth-order valence-electron chi connectivity index (χ4n) is 1.05. The Morgan fingerprint density at radius 1 is 1.27 bits per heavy atom. The van der Waals surface area contributed by atoms with Gasteiger partial charge in [0.2, 0.25) is 0 Å². The van der Waals surface area contributed by atoms with Gasteiger partial charge in [0.15, 0.2) is 0 Å². The van der Waals surface area contributed by atoms with Gasteiger partial charge < -0.3 is 5.11 Å². The lowest BCUT2D eigenvalue weighted by molar-refractivity contribution is 0.153. The van der Waals surface area contributed by atoms with E-state index >= 15 is 0 Å². The maximum atomic E-state index is 9.72. The smallest absolute Gasteiger partial charge is 0.0985 e. The Balaban J connectivity index is 2.84. The summed E-state index contributed by atoms with van der Waals surface area (Å²) in [6, 6.07) is 9.83. The molecule has 0 aliphatic heterocycles. The Kier molecular flexibility index (Phi) is 3.48. The highest BCUT2D eigenvalue weighted by atomic mass is 16.3. The third-order valence-electron chi connectivity index (χ3n) is 2.32. The van der Waals surface area contributed by atoms with Crippen molar-refractivity contribution in [3.05, 3.63) is 30.3 Å². The van der Waals surface area contributed by atoms with Crippen LogP contribution in [0.15, 0.2) is 35.4 Å². The van der Waals surface area contributed by atoms with Crippen molar-refractivity contribution in [1.29, 1.82) is 0 Å². The van der Waals surface area contributed by atoms with Crippen molar-refractivity contribution in [1.82, 2.24) is 0 Å². The number of hydrogen-bond donors (Lipinski definition) is 1. The van der Waals surface area contributed by atoms with Crippen LogP contribution in [0, 0.1) is 0 Å². The van der Waals surface area contributed by atoms with Gasteiger partial charge in [0.05, 0.1) is 17.0 Å². The van der Waals surface area contributed by atoms with Gasteiger partial charge >= 0.3 is 0 Å². The summed E-state index contributed by atoms with van der Waals surface area (Å²) >= 11 is 0. The number of anilines is 1. The van der Waals surface area contributed by atoms with Crippen LogP contribution in [0.2, 0.25) is 0 Å². The first kappa shape index (κ1) is 11.7. The van der Waals surface area contributed by atoms with Crippen LogP contribution in [-0.4, -0.2) is 23.5 Å². The lowest BCUT2D eigenvalue weighted by atomic mass is 10.1. The van der Waals surface area contributed by atoms with Crippen molar-refractivity contribution in [3.8, 4) is 0 Å². The Bertz CT molecular complexity index is 338. The van der Waals surface area contributed by atoms with E-state index in [1.54, 1.807) is 18.9 Å². The number of rotatable bonds is 3. The number of aliphatic hydroxyl groups is 1. The first-order valence-electron chi connectivity index (χ1n) is 4.98. The predicted molar refractivity (Wildman–Crippen MR) is 64.3 cm³/mol. The molecule has 0 bridgehead atoms. The first-order valence-corrected chi connectivity index (χ1v) is 4.98. The van der Waals surface area contributed by atoms with Crippen molar-refractivity contribution in [3.63, 3.8) is 0 Å². The zero-order valence-corrected chi connectivity index (χ0v) is 9.73. The zero-order valence-electron chi connectivity index (χ0n) is 9.73. The first-order chi connectivity index (χ1) is 6.91. The van der Waals surface area contributed by atoms with Crippen molar-refractivity contribution in [2.45, 2.75) is 26.4 Å². The summed E-state index contributed by atoms with van der Waals surface area (Å²) in [4.78, 5) is 0. The molecule has 3 nitrogen and oxygen atoms in total. The summed E-state index contributed by atoms with van der Waals surface area (Å²) in [5, 5.41) is 15.8. The normalized spacial score (nSPS) is 12.7. The number of para-hydroxylation sites is 1. The van der Waals surface area contributed by atoms with Gasteiger partial charge in [-0.2, -0.15) is 5.10 Å². The Morgan fingerprint density at radius 2 is 1.80 bits per heavy atom. The van der Waals surface area contributed by atoms with Gasteiger partial charge in [0.1, 0.15) is 0 Å². The fraction of sp³-hybridized carbons (Fsp3) is 0.417. The summed E-state index contributed by atoms with van der Waals surface area (Å²) < 4.78 is 0. The van der Waals surface area contributed by atoms with Gasteiger partial charge in [0, 0.05) is 7.05 Å². The second-order valence-electron chi connectivity index (χ2n) is 4.10. The largest absolute Gasteiger partial charge is 0.384 e. The second kappa shape index (κ2) is 4.45. The minimum Gasteiger partial charge on any atom is -0.384 e. The molecule has 0 unspecified atom stereocenters. The van der Waals surface area contributed by atoms with Crippen molar-refractivity contribution in [2.24, 2.45) is 5.10 Å². The molecule has 1 rings (SSSR count). The molecular formula is C12H18N2O. The lowest BCUT2D eigenvalue weighted by Crippen LogP contribution is -2.31. The molecule has 1 aromatic rings. The average molecular weight is 206 g/mol. The Hall–Kier alpha value is -1.35. The molecule has 0 heterocycles. The topological polar surface area (TPSA) is 35.8 Å². The molecule has 0 aliphatic rings. The third kappa shape index (κ3) is 3.36. The average Bonchev–Trinajstić information content (AvgIpc) is 2.17. The van der Waals surface area contributed by atoms with Crippen LogP contribution in [0.25, 0.3) is 0 Å². The standard InChI is InChI=1S/C12H18N2O/c1-10(12(2,3)15)13-14(4)11-8-6-5-7-9-11/h5-9,15H,1-4H3. The molecule has 0 saturated heterocycles. The van der Waals surface area contributed by atoms with Crippen molar-refractivity contribution >= 4 is 11.4 Å². The van der Waals surface area contributed by atoms with E-state index in [4.69, 9.17) is 0 Å². The highest BCUT2D eigenvalue weighted by Crippen LogP contribution is 2.13. The molecular weight excluding hydrogens is 188 g/mol. The van der Waals surface area contributed by atoms with Gasteiger partial charge in [-0.25, -0.2) is 0 Å². The van der Waals surface area contributed by atoms with Gasteiger partial charge in [-0.15, -0.1) is 0 Å². The molecule has 0 saturated carbocycles. The van der Waals surface area contributed by atoms with Crippen molar-refractivity contribution < 1.29 is 5.11 Å². The number of benzene rings is 1. The maximum Gasteiger partial charge on any atom is 0.0985 e. The van der Waals surface area contributed by atoms with Crippen LogP contribution in [0.3, 0.4) is 0 Å². The lowest BCUT2D eigenvalue weighted by Gasteiger charge is -2.20. The summed E-state index contributed by atoms with van der Waals surface area (Å²) in [6.45, 7) is 5.27. The molecule has 15 heavy (non-hydrogen) atoms. The van der Waals surface area contributed by atoms with Crippen LogP contribution < -0.4 is 5.01 Å². The summed E-state index contributed by atoms with van der Waals surface area (Å²) in [6.07, 6.45) is 0. The Morgan fingerprint density at radius 3 is 2.27 bits per heavy atom. The molecule has 0 radical (unpaired) electrons. The quantitative estimate of drug-likeness (QED) is 0.608. The third-order valence-corrected chi connectivity index (χ3v) is 2.32. The number of hydrazone groups is 1. The van der Waals surface area contributed by atoms with Crippen LogP contribution >= 0.6 is 0 Å². The SMILES string of the molecule is CC(=NN(C)c1ccccc1)C(C)(C)O. The van der Waals surface area contributed by atoms with E-state index in [9.17, 15) is 5.11 Å². The van der Waals surface area contributed by atoms with E-state index in [1.165, 1.54) is 0 Å². The molecule has 3 heteroatoms. The van der Waals surface area contributed by atoms with Crippen LogP contribution in [-0.2, 0) is 0 Å². The van der Waals surface area contributed by atoms with E-state index in [2.05, 4.69) is 5.10 Å². The molecule has 0 aliphatic carbocycles. The minimum atomic E-state index is -0.872. The fourth-order valence-corrected chi connectivity index (χ4v) is 1.05. The molecule has 0 spiro atoms. The summed E-state index contributed by atoms with van der Waals surface area (Å²) in [5.41, 5.74) is 0.818. The molecule has 0 fully saturated rings. The molecule has 0 atom stereocenters. The van der Waals surface area contributed by atoms with E-state index in [-0.39, 0.29) is 0 Å². The minimum absolute atomic E-state index is 0.689.